The summed E-state index contributed by atoms with van der Waals surface area (Å²) >= 11 is 1.32. The van der Waals surface area contributed by atoms with Crippen molar-refractivity contribution in [3.8, 4) is 17.2 Å². The van der Waals surface area contributed by atoms with Crippen LogP contribution in [0.4, 0.5) is 4.79 Å². The van der Waals surface area contributed by atoms with Crippen LogP contribution in [-0.4, -0.2) is 73.9 Å². The van der Waals surface area contributed by atoms with Gasteiger partial charge in [0.25, 0.3) is 11.8 Å². The number of hydrogen-bond acceptors (Lipinski definition) is 9. The third-order valence-corrected chi connectivity index (χ3v) is 7.31. The van der Waals surface area contributed by atoms with Crippen LogP contribution in [0.5, 0.6) is 17.2 Å². The standard InChI is InChI=1S/C28H40N4O7S/c1-16(2)22(31-24(33)17-13-20(36-6)23(38-8)21(14-17)37-7)26-30-19(15-40-26)25(34)29-18-9-11-32(12-10-18)27(35)39-28(3,4)5/h13-16,18,22H,9-12H2,1-8H3,(H,29,34)(H,31,33). The second kappa shape index (κ2) is 13.2. The number of thiazole rings is 1. The number of aromatic nitrogens is 1. The molecule has 1 aliphatic heterocycles. The predicted molar refractivity (Wildman–Crippen MR) is 152 cm³/mol. The first kappa shape index (κ1) is 31.0. The van der Waals surface area contributed by atoms with Crippen LogP contribution in [0.1, 0.15) is 79.4 Å². The SMILES string of the molecule is COc1cc(C(=O)NC(c2nc(C(=O)NC3CCN(C(=O)OC(C)(C)C)CC3)cs2)C(C)C)cc(OC)c1OC. The maximum atomic E-state index is 13.2. The van der Waals surface area contributed by atoms with E-state index >= 15 is 0 Å². The number of likely N-dealkylation sites (tertiary alicyclic amines) is 1. The Labute approximate surface area is 239 Å². The molecule has 1 unspecified atom stereocenters. The van der Waals surface area contributed by atoms with Crippen LogP contribution in [-0.2, 0) is 4.74 Å². The Morgan fingerprint density at radius 2 is 1.60 bits per heavy atom. The Bertz CT molecular complexity index is 1170. The highest BCUT2D eigenvalue weighted by Crippen LogP contribution is 2.38. The third-order valence-electron chi connectivity index (χ3n) is 6.38. The van der Waals surface area contributed by atoms with Crippen LogP contribution in [0.2, 0.25) is 0 Å². The van der Waals surface area contributed by atoms with Crippen LogP contribution >= 0.6 is 11.3 Å². The molecule has 1 fully saturated rings. The van der Waals surface area contributed by atoms with Gasteiger partial charge < -0.3 is 34.5 Å². The van der Waals surface area contributed by atoms with E-state index in [0.717, 1.165) is 0 Å². The Hall–Kier alpha value is -3.54. The number of nitrogens with one attached hydrogen (secondary N) is 2. The number of hydrogen-bond donors (Lipinski definition) is 2. The van der Waals surface area contributed by atoms with Gasteiger partial charge in [-0.1, -0.05) is 13.8 Å². The Morgan fingerprint density at radius 1 is 1.00 bits per heavy atom. The van der Waals surface area contributed by atoms with Gasteiger partial charge in [-0.3, -0.25) is 9.59 Å². The summed E-state index contributed by atoms with van der Waals surface area (Å²) in [6.07, 6.45) is 0.915. The van der Waals surface area contributed by atoms with Gasteiger partial charge in [0.15, 0.2) is 11.5 Å². The van der Waals surface area contributed by atoms with Crippen LogP contribution in [0, 0.1) is 5.92 Å². The molecule has 1 aromatic carbocycles. The molecule has 11 nitrogen and oxygen atoms in total. The van der Waals surface area contributed by atoms with E-state index in [1.54, 1.807) is 22.4 Å². The van der Waals surface area contributed by atoms with E-state index in [1.807, 2.05) is 34.6 Å². The highest BCUT2D eigenvalue weighted by molar-refractivity contribution is 7.09. The molecular weight excluding hydrogens is 536 g/mol. The molecule has 0 saturated carbocycles. The number of methoxy groups -OCH3 is 3. The summed E-state index contributed by atoms with van der Waals surface area (Å²) in [6, 6.07) is 2.68. The number of carbonyl (C=O) groups is 3. The number of rotatable bonds is 9. The van der Waals surface area contributed by atoms with Gasteiger partial charge in [0.2, 0.25) is 5.75 Å². The Balaban J connectivity index is 1.64. The van der Waals surface area contributed by atoms with Crippen molar-refractivity contribution in [1.82, 2.24) is 20.5 Å². The van der Waals surface area contributed by atoms with Gasteiger partial charge in [-0.15, -0.1) is 11.3 Å². The summed E-state index contributed by atoms with van der Waals surface area (Å²) in [5, 5.41) is 8.38. The minimum Gasteiger partial charge on any atom is -0.493 e. The lowest BCUT2D eigenvalue weighted by Gasteiger charge is -2.33. The number of carbonyl (C=O) groups excluding carboxylic acids is 3. The molecule has 40 heavy (non-hydrogen) atoms. The van der Waals surface area contributed by atoms with Crippen LogP contribution in [0.3, 0.4) is 0 Å². The van der Waals surface area contributed by atoms with Crippen molar-refractivity contribution >= 4 is 29.2 Å². The van der Waals surface area contributed by atoms with Crippen LogP contribution in [0.25, 0.3) is 0 Å². The van der Waals surface area contributed by atoms with Gasteiger partial charge in [0.05, 0.1) is 27.4 Å². The fraction of sp³-hybridized carbons (Fsp3) is 0.571. The molecule has 3 rings (SSSR count). The summed E-state index contributed by atoms with van der Waals surface area (Å²) in [6.45, 7) is 10.5. The molecule has 0 aliphatic carbocycles. The first-order chi connectivity index (χ1) is 18.9. The van der Waals surface area contributed by atoms with Crippen molar-refractivity contribution in [3.63, 3.8) is 0 Å². The quantitative estimate of drug-likeness (QED) is 0.449. The molecule has 0 radical (unpaired) electrons. The Kier molecular flexibility index (Phi) is 10.2. The van der Waals surface area contributed by atoms with E-state index in [0.29, 0.717) is 59.4 Å². The lowest BCUT2D eigenvalue weighted by Crippen LogP contribution is -2.47. The average molecular weight is 577 g/mol. The van der Waals surface area contributed by atoms with E-state index in [4.69, 9.17) is 18.9 Å². The van der Waals surface area contributed by atoms with Crippen molar-refractivity contribution in [2.45, 2.75) is 65.1 Å². The second-order valence-electron chi connectivity index (χ2n) is 10.9. The molecular formula is C28H40N4O7S. The fourth-order valence-corrected chi connectivity index (χ4v) is 5.30. The van der Waals surface area contributed by atoms with E-state index in [1.165, 1.54) is 32.7 Å². The van der Waals surface area contributed by atoms with Crippen molar-refractivity contribution in [1.29, 1.82) is 0 Å². The number of ether oxygens (including phenoxy) is 4. The molecule has 1 aliphatic rings. The molecule has 1 aromatic heterocycles. The topological polar surface area (TPSA) is 128 Å². The molecule has 0 bridgehead atoms. The van der Waals surface area contributed by atoms with Crippen LogP contribution < -0.4 is 24.8 Å². The summed E-state index contributed by atoms with van der Waals surface area (Å²) in [4.78, 5) is 44.7. The minimum atomic E-state index is -0.549. The lowest BCUT2D eigenvalue weighted by molar-refractivity contribution is 0.0199. The highest BCUT2D eigenvalue weighted by Gasteiger charge is 2.29. The van der Waals surface area contributed by atoms with E-state index in [-0.39, 0.29) is 29.9 Å². The van der Waals surface area contributed by atoms with Crippen molar-refractivity contribution < 1.29 is 33.3 Å². The normalized spacial score (nSPS) is 14.9. The van der Waals surface area contributed by atoms with E-state index in [9.17, 15) is 14.4 Å². The maximum absolute atomic E-state index is 13.2. The molecule has 0 spiro atoms. The first-order valence-electron chi connectivity index (χ1n) is 13.2. The van der Waals surface area contributed by atoms with Gasteiger partial charge in [0.1, 0.15) is 16.3 Å². The predicted octanol–water partition coefficient (Wildman–Crippen LogP) is 4.43. The summed E-state index contributed by atoms with van der Waals surface area (Å²) in [7, 11) is 4.48. The van der Waals surface area contributed by atoms with Crippen molar-refractivity contribution in [2.24, 2.45) is 5.92 Å². The first-order valence-corrected chi connectivity index (χ1v) is 14.1. The van der Waals surface area contributed by atoms with E-state index in [2.05, 4.69) is 15.6 Å². The smallest absolute Gasteiger partial charge is 0.410 e. The van der Waals surface area contributed by atoms with Crippen LogP contribution in [0.15, 0.2) is 17.5 Å². The molecule has 3 amide bonds. The zero-order chi connectivity index (χ0) is 29.6. The lowest BCUT2D eigenvalue weighted by atomic mass is 10.0. The van der Waals surface area contributed by atoms with Gasteiger partial charge in [-0.25, -0.2) is 9.78 Å². The summed E-state index contributed by atoms with van der Waals surface area (Å²) in [5.41, 5.74) is 0.0845. The maximum Gasteiger partial charge on any atom is 0.410 e. The minimum absolute atomic E-state index is 0.00484. The molecule has 2 N–H and O–H groups in total. The zero-order valence-corrected chi connectivity index (χ0v) is 25.3. The zero-order valence-electron chi connectivity index (χ0n) is 24.5. The summed E-state index contributed by atoms with van der Waals surface area (Å²) in [5.74, 6) is 0.530. The van der Waals surface area contributed by atoms with Gasteiger partial charge in [-0.05, 0) is 51.7 Å². The molecule has 1 atom stereocenters. The molecule has 12 heteroatoms. The van der Waals surface area contributed by atoms with Gasteiger partial charge in [0, 0.05) is 30.1 Å². The van der Waals surface area contributed by atoms with Crippen molar-refractivity contribution in [2.75, 3.05) is 34.4 Å². The highest BCUT2D eigenvalue weighted by atomic mass is 32.1. The number of benzene rings is 1. The van der Waals surface area contributed by atoms with Crippen molar-refractivity contribution in [3.05, 3.63) is 33.8 Å². The monoisotopic (exact) mass is 576 g/mol. The van der Waals surface area contributed by atoms with E-state index < -0.39 is 11.6 Å². The fourth-order valence-electron chi connectivity index (χ4n) is 4.28. The van der Waals surface area contributed by atoms with Gasteiger partial charge >= 0.3 is 6.09 Å². The van der Waals surface area contributed by atoms with Gasteiger partial charge in [-0.2, -0.15) is 0 Å². The number of nitrogens with zero attached hydrogens (tertiary/aromatic N) is 2. The molecule has 2 aromatic rings. The largest absolute Gasteiger partial charge is 0.493 e. The second-order valence-corrected chi connectivity index (χ2v) is 11.8. The molecule has 220 valence electrons. The molecule has 2 heterocycles. The summed E-state index contributed by atoms with van der Waals surface area (Å²) < 4.78 is 21.5. The number of piperidine rings is 1. The third kappa shape index (κ3) is 7.77. The Morgan fingerprint density at radius 3 is 2.10 bits per heavy atom. The average Bonchev–Trinajstić information content (AvgIpc) is 3.40. The number of amides is 3. The molecule has 1 saturated heterocycles.